The Bertz CT molecular complexity index is 1260. The SMILES string of the molecule is Cc1ccc(S(=O)(=O)N(CC(=O)N/N=C\c2cccc(Br)c2)c2cccc(C)c2C)cc1. The molecule has 1 N–H and O–H groups in total. The molecule has 0 unspecified atom stereocenters. The number of aryl methyl sites for hydroxylation is 2. The molecule has 0 atom stereocenters. The van der Waals surface area contributed by atoms with E-state index in [4.69, 9.17) is 0 Å². The van der Waals surface area contributed by atoms with Gasteiger partial charge in [0.1, 0.15) is 6.54 Å². The fraction of sp³-hybridized carbons (Fsp3) is 0.167. The lowest BCUT2D eigenvalue weighted by Crippen LogP contribution is -2.40. The number of carbonyl (C=O) groups excluding carboxylic acids is 1. The maximum Gasteiger partial charge on any atom is 0.264 e. The highest BCUT2D eigenvalue weighted by molar-refractivity contribution is 9.10. The molecule has 32 heavy (non-hydrogen) atoms. The molecule has 3 rings (SSSR count). The van der Waals surface area contributed by atoms with Crippen LogP contribution in [0.1, 0.15) is 22.3 Å². The highest BCUT2D eigenvalue weighted by atomic mass is 79.9. The van der Waals surface area contributed by atoms with Gasteiger partial charge in [-0.1, -0.05) is 57.9 Å². The zero-order valence-corrected chi connectivity index (χ0v) is 20.4. The molecule has 0 radical (unpaired) electrons. The Balaban J connectivity index is 1.90. The molecule has 3 aromatic carbocycles. The smallest absolute Gasteiger partial charge is 0.264 e. The summed E-state index contributed by atoms with van der Waals surface area (Å²) in [4.78, 5) is 12.8. The van der Waals surface area contributed by atoms with Crippen LogP contribution in [-0.4, -0.2) is 27.1 Å². The summed E-state index contributed by atoms with van der Waals surface area (Å²) in [6.45, 7) is 5.22. The molecular weight excluding hydrogens is 490 g/mol. The van der Waals surface area contributed by atoms with Gasteiger partial charge in [-0.3, -0.25) is 9.10 Å². The summed E-state index contributed by atoms with van der Waals surface area (Å²) in [5.41, 5.74) is 6.33. The summed E-state index contributed by atoms with van der Waals surface area (Å²) >= 11 is 3.38. The van der Waals surface area contributed by atoms with Crippen molar-refractivity contribution in [3.05, 3.63) is 93.5 Å². The number of anilines is 1. The second-order valence-corrected chi connectivity index (χ2v) is 10.2. The number of hydrogen-bond donors (Lipinski definition) is 1. The van der Waals surface area contributed by atoms with Crippen LogP contribution in [0.5, 0.6) is 0 Å². The van der Waals surface area contributed by atoms with Gasteiger partial charge >= 0.3 is 0 Å². The summed E-state index contributed by atoms with van der Waals surface area (Å²) in [6.07, 6.45) is 1.50. The first-order valence-corrected chi connectivity index (χ1v) is 12.1. The van der Waals surface area contributed by atoms with E-state index in [0.29, 0.717) is 5.69 Å². The van der Waals surface area contributed by atoms with Crippen molar-refractivity contribution in [2.24, 2.45) is 5.10 Å². The monoisotopic (exact) mass is 513 g/mol. The summed E-state index contributed by atoms with van der Waals surface area (Å²) in [5.74, 6) is -0.548. The van der Waals surface area contributed by atoms with Crippen LogP contribution >= 0.6 is 15.9 Å². The second kappa shape index (κ2) is 10.1. The minimum atomic E-state index is -3.97. The average Bonchev–Trinajstić information content (AvgIpc) is 2.74. The minimum absolute atomic E-state index is 0.120. The molecule has 0 bridgehead atoms. The fourth-order valence-corrected chi connectivity index (χ4v) is 4.97. The number of rotatable bonds is 7. The Morgan fingerprint density at radius 1 is 1.03 bits per heavy atom. The third-order valence-electron chi connectivity index (χ3n) is 4.99. The summed E-state index contributed by atoms with van der Waals surface area (Å²) < 4.78 is 29.0. The van der Waals surface area contributed by atoms with E-state index in [1.807, 2.05) is 51.1 Å². The lowest BCUT2D eigenvalue weighted by molar-refractivity contribution is -0.119. The highest BCUT2D eigenvalue weighted by Gasteiger charge is 2.28. The molecule has 0 fully saturated rings. The van der Waals surface area contributed by atoms with E-state index in [-0.39, 0.29) is 4.90 Å². The van der Waals surface area contributed by atoms with Crippen LogP contribution in [0.25, 0.3) is 0 Å². The topological polar surface area (TPSA) is 78.8 Å². The van der Waals surface area contributed by atoms with Crippen LogP contribution in [0, 0.1) is 20.8 Å². The average molecular weight is 514 g/mol. The van der Waals surface area contributed by atoms with Crippen LogP contribution in [-0.2, 0) is 14.8 Å². The largest absolute Gasteiger partial charge is 0.271 e. The van der Waals surface area contributed by atoms with Gasteiger partial charge in [0, 0.05) is 4.47 Å². The van der Waals surface area contributed by atoms with Crippen LogP contribution in [0.2, 0.25) is 0 Å². The first-order chi connectivity index (χ1) is 15.2. The Kier molecular flexibility index (Phi) is 7.48. The predicted octanol–water partition coefficient (Wildman–Crippen LogP) is 4.72. The van der Waals surface area contributed by atoms with Crippen LogP contribution < -0.4 is 9.73 Å². The molecular formula is C24H24BrN3O3S. The van der Waals surface area contributed by atoms with Crippen molar-refractivity contribution >= 4 is 43.8 Å². The normalized spacial score (nSPS) is 11.5. The van der Waals surface area contributed by atoms with E-state index in [9.17, 15) is 13.2 Å². The van der Waals surface area contributed by atoms with Crippen molar-refractivity contribution in [2.75, 3.05) is 10.8 Å². The van der Waals surface area contributed by atoms with Gasteiger partial charge in [-0.25, -0.2) is 13.8 Å². The molecule has 0 saturated heterocycles. The summed E-state index contributed by atoms with van der Waals surface area (Å²) in [7, 11) is -3.97. The third kappa shape index (κ3) is 5.63. The molecule has 0 aromatic heterocycles. The van der Waals surface area contributed by atoms with Crippen LogP contribution in [0.15, 0.2) is 81.2 Å². The maximum atomic E-state index is 13.5. The standard InChI is InChI=1S/C24H24BrN3O3S/c1-17-10-12-22(13-11-17)32(30,31)28(23-9-4-6-18(2)19(23)3)16-24(29)27-26-15-20-7-5-8-21(25)14-20/h4-15H,16H2,1-3H3,(H,27,29)/b26-15-. The third-order valence-corrected chi connectivity index (χ3v) is 7.26. The van der Waals surface area contributed by atoms with Gasteiger partial charge in [0.2, 0.25) is 0 Å². The quantitative estimate of drug-likeness (QED) is 0.366. The number of hydrogen-bond acceptors (Lipinski definition) is 4. The van der Waals surface area contributed by atoms with Gasteiger partial charge in [0.15, 0.2) is 0 Å². The molecule has 3 aromatic rings. The van der Waals surface area contributed by atoms with E-state index >= 15 is 0 Å². The highest BCUT2D eigenvalue weighted by Crippen LogP contribution is 2.28. The number of nitrogens with one attached hydrogen (secondary N) is 1. The Labute approximate surface area is 197 Å². The number of hydrazone groups is 1. The van der Waals surface area contributed by atoms with E-state index in [0.717, 1.165) is 31.0 Å². The molecule has 1 amide bonds. The van der Waals surface area contributed by atoms with Crippen molar-refractivity contribution in [1.29, 1.82) is 0 Å². The van der Waals surface area contributed by atoms with Gasteiger partial charge in [0.05, 0.1) is 16.8 Å². The first-order valence-electron chi connectivity index (χ1n) is 9.91. The van der Waals surface area contributed by atoms with Crippen molar-refractivity contribution in [3.8, 4) is 0 Å². The summed E-state index contributed by atoms with van der Waals surface area (Å²) in [5, 5.41) is 3.97. The van der Waals surface area contributed by atoms with Crippen LogP contribution in [0.4, 0.5) is 5.69 Å². The van der Waals surface area contributed by atoms with E-state index in [2.05, 4.69) is 26.5 Å². The number of sulfonamides is 1. The maximum absolute atomic E-state index is 13.5. The Hall–Kier alpha value is -2.97. The van der Waals surface area contributed by atoms with Gasteiger partial charge in [-0.2, -0.15) is 5.10 Å². The Morgan fingerprint density at radius 3 is 2.41 bits per heavy atom. The fourth-order valence-electron chi connectivity index (χ4n) is 3.07. The van der Waals surface area contributed by atoms with Crippen molar-refractivity contribution in [1.82, 2.24) is 5.43 Å². The molecule has 6 nitrogen and oxygen atoms in total. The van der Waals surface area contributed by atoms with Crippen LogP contribution in [0.3, 0.4) is 0 Å². The zero-order chi connectivity index (χ0) is 23.3. The minimum Gasteiger partial charge on any atom is -0.271 e. The van der Waals surface area contributed by atoms with E-state index < -0.39 is 22.5 Å². The molecule has 0 heterocycles. The van der Waals surface area contributed by atoms with Gasteiger partial charge < -0.3 is 0 Å². The first kappa shape index (κ1) is 23.7. The summed E-state index contributed by atoms with van der Waals surface area (Å²) in [6, 6.07) is 19.4. The molecule has 0 aliphatic heterocycles. The lowest BCUT2D eigenvalue weighted by atomic mass is 10.1. The van der Waals surface area contributed by atoms with Crippen molar-refractivity contribution in [3.63, 3.8) is 0 Å². The number of halogens is 1. The number of amides is 1. The predicted molar refractivity (Wildman–Crippen MR) is 132 cm³/mol. The van der Waals surface area contributed by atoms with Crippen molar-refractivity contribution < 1.29 is 13.2 Å². The number of carbonyl (C=O) groups is 1. The molecule has 0 aliphatic rings. The molecule has 8 heteroatoms. The van der Waals surface area contributed by atoms with E-state index in [1.54, 1.807) is 36.4 Å². The Morgan fingerprint density at radius 2 is 1.72 bits per heavy atom. The molecule has 0 aliphatic carbocycles. The van der Waals surface area contributed by atoms with Gasteiger partial charge in [-0.15, -0.1) is 0 Å². The van der Waals surface area contributed by atoms with Crippen molar-refractivity contribution in [2.45, 2.75) is 25.7 Å². The number of nitrogens with zero attached hydrogens (tertiary/aromatic N) is 2. The lowest BCUT2D eigenvalue weighted by Gasteiger charge is -2.26. The second-order valence-electron chi connectivity index (χ2n) is 7.39. The molecule has 0 saturated carbocycles. The molecule has 166 valence electrons. The van der Waals surface area contributed by atoms with Gasteiger partial charge in [-0.05, 0) is 67.8 Å². The number of benzene rings is 3. The van der Waals surface area contributed by atoms with E-state index in [1.165, 1.54) is 6.21 Å². The van der Waals surface area contributed by atoms with Gasteiger partial charge in [0.25, 0.3) is 15.9 Å². The zero-order valence-electron chi connectivity index (χ0n) is 18.0. The molecule has 0 spiro atoms.